The molecule has 0 aliphatic carbocycles. The molecule has 0 saturated carbocycles. The molecule has 1 aliphatic heterocycles. The summed E-state index contributed by atoms with van der Waals surface area (Å²) in [6.45, 7) is 7.10. The largest absolute Gasteiger partial charge is 0.478 e. The van der Waals surface area contributed by atoms with Crippen molar-refractivity contribution < 1.29 is 14.6 Å². The van der Waals surface area contributed by atoms with E-state index in [1.54, 1.807) is 18.5 Å². The van der Waals surface area contributed by atoms with Gasteiger partial charge in [0.05, 0.1) is 18.8 Å². The molecule has 0 spiro atoms. The van der Waals surface area contributed by atoms with E-state index in [0.29, 0.717) is 18.8 Å². The summed E-state index contributed by atoms with van der Waals surface area (Å²) in [6.07, 6.45) is 5.52. The van der Waals surface area contributed by atoms with Crippen molar-refractivity contribution in [3.63, 3.8) is 0 Å². The second kappa shape index (κ2) is 6.59. The zero-order chi connectivity index (χ0) is 18.3. The number of aromatic carboxylic acids is 1. The number of aromatic nitrogens is 3. The molecule has 1 aliphatic rings. The number of carboxylic acid groups (broad SMARTS) is 1. The summed E-state index contributed by atoms with van der Waals surface area (Å²) in [6, 6.07) is 3.79. The van der Waals surface area contributed by atoms with Gasteiger partial charge in [0.15, 0.2) is 0 Å². The molecule has 1 fully saturated rings. The van der Waals surface area contributed by atoms with Gasteiger partial charge in [0.25, 0.3) is 0 Å². The molecule has 0 bridgehead atoms. The molecular weight excluding hydrogens is 332 g/mol. The predicted octanol–water partition coefficient (Wildman–Crippen LogP) is 2.73. The number of hydrogen-bond donors (Lipinski definition) is 2. The van der Waals surface area contributed by atoms with Gasteiger partial charge in [-0.2, -0.15) is 0 Å². The van der Waals surface area contributed by atoms with Crippen LogP contribution in [0.3, 0.4) is 0 Å². The number of nitrogens with zero attached hydrogens (tertiary/aromatic N) is 3. The highest BCUT2D eigenvalue weighted by Gasteiger charge is 2.25. The molecule has 0 aromatic carbocycles. The Kier molecular flexibility index (Phi) is 4.26. The quantitative estimate of drug-likeness (QED) is 0.753. The van der Waals surface area contributed by atoms with Crippen molar-refractivity contribution in [2.45, 2.75) is 19.9 Å². The average molecular weight is 354 g/mol. The fourth-order valence-corrected chi connectivity index (χ4v) is 3.80. The van der Waals surface area contributed by atoms with Gasteiger partial charge in [-0.05, 0) is 31.5 Å². The fourth-order valence-electron chi connectivity index (χ4n) is 3.80. The number of fused-ring (bicyclic) bond motifs is 1. The average Bonchev–Trinajstić information content (AvgIpc) is 3.30. The van der Waals surface area contributed by atoms with Crippen molar-refractivity contribution in [3.05, 3.63) is 47.5 Å². The summed E-state index contributed by atoms with van der Waals surface area (Å²) < 4.78 is 7.56. The van der Waals surface area contributed by atoms with Crippen molar-refractivity contribution in [1.82, 2.24) is 19.3 Å². The summed E-state index contributed by atoms with van der Waals surface area (Å²) in [7, 11) is 0. The molecule has 26 heavy (non-hydrogen) atoms. The first-order chi connectivity index (χ1) is 12.6. The minimum Gasteiger partial charge on any atom is -0.478 e. The van der Waals surface area contributed by atoms with Crippen molar-refractivity contribution >= 4 is 11.5 Å². The van der Waals surface area contributed by atoms with Crippen LogP contribution in [0.25, 0.3) is 16.9 Å². The number of carbonyl (C=O) groups is 1. The Hall–Kier alpha value is -2.64. The van der Waals surface area contributed by atoms with Crippen LogP contribution >= 0.6 is 0 Å². The maximum atomic E-state index is 11.8. The van der Waals surface area contributed by atoms with E-state index in [2.05, 4.69) is 26.2 Å². The third-order valence-corrected chi connectivity index (χ3v) is 5.18. The van der Waals surface area contributed by atoms with Crippen LogP contribution in [-0.2, 0) is 4.74 Å². The van der Waals surface area contributed by atoms with E-state index in [1.165, 1.54) is 0 Å². The molecule has 7 heteroatoms. The lowest BCUT2D eigenvalue weighted by molar-refractivity contribution is 0.0187. The zero-order valence-electron chi connectivity index (χ0n) is 14.9. The van der Waals surface area contributed by atoms with Gasteiger partial charge < -0.3 is 19.2 Å². The number of aromatic amines is 1. The Morgan fingerprint density at radius 3 is 2.77 bits per heavy atom. The van der Waals surface area contributed by atoms with Crippen molar-refractivity contribution in [2.24, 2.45) is 0 Å². The minimum absolute atomic E-state index is 0.0811. The number of rotatable bonds is 4. The van der Waals surface area contributed by atoms with E-state index in [-0.39, 0.29) is 6.04 Å². The number of imidazole rings is 1. The highest BCUT2D eigenvalue weighted by molar-refractivity contribution is 5.91. The molecule has 3 aromatic heterocycles. The Bertz CT molecular complexity index is 940. The molecule has 4 rings (SSSR count). The minimum atomic E-state index is -0.902. The van der Waals surface area contributed by atoms with E-state index < -0.39 is 5.97 Å². The van der Waals surface area contributed by atoms with Gasteiger partial charge in [0, 0.05) is 54.5 Å². The third kappa shape index (κ3) is 2.79. The number of hydrogen-bond acceptors (Lipinski definition) is 4. The Morgan fingerprint density at radius 1 is 1.35 bits per heavy atom. The van der Waals surface area contributed by atoms with Crippen LogP contribution in [0, 0.1) is 6.92 Å². The summed E-state index contributed by atoms with van der Waals surface area (Å²) in [5.74, 6) is -0.130. The van der Waals surface area contributed by atoms with Gasteiger partial charge in [0.2, 0.25) is 0 Å². The second-order valence-electron chi connectivity index (χ2n) is 6.66. The van der Waals surface area contributed by atoms with Gasteiger partial charge in [0.1, 0.15) is 5.82 Å². The van der Waals surface area contributed by atoms with Crippen LogP contribution < -0.4 is 0 Å². The van der Waals surface area contributed by atoms with Crippen molar-refractivity contribution in [3.8, 4) is 11.4 Å². The van der Waals surface area contributed by atoms with Gasteiger partial charge >= 0.3 is 5.97 Å². The Morgan fingerprint density at radius 2 is 2.12 bits per heavy atom. The first kappa shape index (κ1) is 16.8. The molecule has 0 amide bonds. The van der Waals surface area contributed by atoms with Gasteiger partial charge in [-0.1, -0.05) is 0 Å². The summed E-state index contributed by atoms with van der Waals surface area (Å²) in [5.41, 5.74) is 3.93. The first-order valence-corrected chi connectivity index (χ1v) is 8.76. The van der Waals surface area contributed by atoms with E-state index in [1.807, 2.05) is 19.2 Å². The number of pyridine rings is 1. The number of carboxylic acids is 1. The summed E-state index contributed by atoms with van der Waals surface area (Å²) in [5, 5.41) is 9.67. The zero-order valence-corrected chi connectivity index (χ0v) is 14.9. The molecule has 1 saturated heterocycles. The Balaban J connectivity index is 1.90. The topological polar surface area (TPSA) is 82.9 Å². The van der Waals surface area contributed by atoms with Crippen LogP contribution in [0.1, 0.15) is 34.6 Å². The van der Waals surface area contributed by atoms with Gasteiger partial charge in [-0.3, -0.25) is 4.90 Å². The van der Waals surface area contributed by atoms with Gasteiger partial charge in [-0.25, -0.2) is 9.78 Å². The number of nitrogens with one attached hydrogen (secondary N) is 1. The molecule has 136 valence electrons. The summed E-state index contributed by atoms with van der Waals surface area (Å²) >= 11 is 0. The molecule has 1 atom stereocenters. The molecule has 1 unspecified atom stereocenters. The van der Waals surface area contributed by atoms with Crippen LogP contribution in [-0.4, -0.2) is 56.6 Å². The monoisotopic (exact) mass is 354 g/mol. The van der Waals surface area contributed by atoms with E-state index in [4.69, 9.17) is 4.74 Å². The number of ether oxygens (including phenoxy) is 1. The van der Waals surface area contributed by atoms with Crippen molar-refractivity contribution in [2.75, 3.05) is 26.3 Å². The highest BCUT2D eigenvalue weighted by atomic mass is 16.5. The van der Waals surface area contributed by atoms with E-state index in [0.717, 1.165) is 41.3 Å². The lowest BCUT2D eigenvalue weighted by Gasteiger charge is -2.33. The third-order valence-electron chi connectivity index (χ3n) is 5.18. The summed E-state index contributed by atoms with van der Waals surface area (Å²) in [4.78, 5) is 21.6. The number of morpholine rings is 1. The van der Waals surface area contributed by atoms with Crippen LogP contribution in [0.5, 0.6) is 0 Å². The standard InChI is InChI=1S/C19H22N4O3/c1-12-16(19(24)25)10-15-9-14(18-20-3-4-21-18)11-23(15)17(12)13(2)22-5-7-26-8-6-22/h3-4,9-11,13H,5-8H2,1-2H3,(H,20,21)(H,24,25). The first-order valence-electron chi connectivity index (χ1n) is 8.76. The maximum absolute atomic E-state index is 11.8. The molecule has 4 heterocycles. The van der Waals surface area contributed by atoms with E-state index in [9.17, 15) is 9.90 Å². The molecule has 3 aromatic rings. The number of H-pyrrole nitrogens is 1. The maximum Gasteiger partial charge on any atom is 0.336 e. The molecule has 0 radical (unpaired) electrons. The fraction of sp³-hybridized carbons (Fsp3) is 0.368. The SMILES string of the molecule is Cc1c(C(=O)O)cc2cc(-c3ncc[nH]3)cn2c1C(C)N1CCOCC1. The van der Waals surface area contributed by atoms with Crippen LogP contribution in [0.4, 0.5) is 0 Å². The molecular formula is C19H22N4O3. The predicted molar refractivity (Wildman–Crippen MR) is 97.5 cm³/mol. The van der Waals surface area contributed by atoms with Crippen molar-refractivity contribution in [1.29, 1.82) is 0 Å². The molecule has 2 N–H and O–H groups in total. The van der Waals surface area contributed by atoms with E-state index >= 15 is 0 Å². The lowest BCUT2D eigenvalue weighted by atomic mass is 10.0. The lowest BCUT2D eigenvalue weighted by Crippen LogP contribution is -2.39. The smallest absolute Gasteiger partial charge is 0.336 e. The normalized spacial score (nSPS) is 16.8. The highest BCUT2D eigenvalue weighted by Crippen LogP contribution is 2.31. The molecule has 7 nitrogen and oxygen atoms in total. The van der Waals surface area contributed by atoms with Crippen LogP contribution in [0.2, 0.25) is 0 Å². The second-order valence-corrected chi connectivity index (χ2v) is 6.66. The van der Waals surface area contributed by atoms with Gasteiger partial charge in [-0.15, -0.1) is 0 Å². The van der Waals surface area contributed by atoms with Crippen LogP contribution in [0.15, 0.2) is 30.7 Å². The Labute approximate surface area is 151 Å².